The SMILES string of the molecule is CCCC(=O)[C@@H]1Oc2c(O)ccc3c2[C@@]12CCN(C)[C@H](C3)C2. The highest BCUT2D eigenvalue weighted by Crippen LogP contribution is 2.58. The zero-order valence-electron chi connectivity index (χ0n) is 13.3. The number of benzene rings is 1. The van der Waals surface area contributed by atoms with Crippen LogP contribution in [-0.4, -0.2) is 41.5 Å². The largest absolute Gasteiger partial charge is 0.504 e. The fraction of sp³-hybridized carbons (Fsp3) is 0.611. The van der Waals surface area contributed by atoms with Gasteiger partial charge >= 0.3 is 0 Å². The Morgan fingerprint density at radius 2 is 2.32 bits per heavy atom. The quantitative estimate of drug-likeness (QED) is 0.931. The Morgan fingerprint density at radius 1 is 1.50 bits per heavy atom. The smallest absolute Gasteiger partial charge is 0.174 e. The van der Waals surface area contributed by atoms with Crippen LogP contribution < -0.4 is 4.74 Å². The first-order valence-corrected chi connectivity index (χ1v) is 8.32. The van der Waals surface area contributed by atoms with Crippen LogP contribution in [0.3, 0.4) is 0 Å². The average molecular weight is 301 g/mol. The summed E-state index contributed by atoms with van der Waals surface area (Å²) in [5.74, 6) is 0.950. The van der Waals surface area contributed by atoms with Gasteiger partial charge in [0, 0.05) is 23.4 Å². The van der Waals surface area contributed by atoms with E-state index in [2.05, 4.69) is 11.9 Å². The molecule has 0 radical (unpaired) electrons. The lowest BCUT2D eigenvalue weighted by atomic mass is 9.61. The maximum Gasteiger partial charge on any atom is 0.174 e. The van der Waals surface area contributed by atoms with E-state index >= 15 is 0 Å². The molecule has 3 aliphatic rings. The summed E-state index contributed by atoms with van der Waals surface area (Å²) in [7, 11) is 2.17. The minimum absolute atomic E-state index is 0.183. The number of phenolic OH excluding ortho intramolecular Hbond substituents is 1. The summed E-state index contributed by atoms with van der Waals surface area (Å²) in [5, 5.41) is 10.2. The molecule has 0 amide bonds. The highest BCUT2D eigenvalue weighted by molar-refractivity contribution is 5.87. The van der Waals surface area contributed by atoms with Crippen LogP contribution in [0.25, 0.3) is 0 Å². The van der Waals surface area contributed by atoms with E-state index in [1.165, 1.54) is 5.56 Å². The van der Waals surface area contributed by atoms with Gasteiger partial charge in [-0.3, -0.25) is 4.79 Å². The van der Waals surface area contributed by atoms with Crippen molar-refractivity contribution in [3.63, 3.8) is 0 Å². The highest BCUT2D eigenvalue weighted by Gasteiger charge is 2.58. The summed E-state index contributed by atoms with van der Waals surface area (Å²) in [6.07, 6.45) is 3.87. The zero-order chi connectivity index (χ0) is 15.5. The van der Waals surface area contributed by atoms with Crippen LogP contribution in [0, 0.1) is 0 Å². The molecule has 0 unspecified atom stereocenters. The number of piperidine rings is 1. The number of likely N-dealkylation sites (tertiary alicyclic amines) is 1. The minimum Gasteiger partial charge on any atom is -0.504 e. The van der Waals surface area contributed by atoms with Crippen molar-refractivity contribution in [3.05, 3.63) is 23.3 Å². The second-order valence-corrected chi connectivity index (χ2v) is 7.11. The molecule has 118 valence electrons. The van der Waals surface area contributed by atoms with Crippen molar-refractivity contribution in [2.75, 3.05) is 13.6 Å². The summed E-state index contributed by atoms with van der Waals surface area (Å²) in [6.45, 7) is 3.01. The first-order chi connectivity index (χ1) is 10.6. The second kappa shape index (κ2) is 4.72. The predicted molar refractivity (Wildman–Crippen MR) is 83.5 cm³/mol. The molecule has 4 rings (SSSR count). The second-order valence-electron chi connectivity index (χ2n) is 7.11. The van der Waals surface area contributed by atoms with Gasteiger partial charge in [0.05, 0.1) is 0 Å². The third-order valence-corrected chi connectivity index (χ3v) is 5.84. The lowest BCUT2D eigenvalue weighted by Crippen LogP contribution is -2.57. The summed E-state index contributed by atoms with van der Waals surface area (Å²) < 4.78 is 6.07. The van der Waals surface area contributed by atoms with Gasteiger partial charge in [0.25, 0.3) is 0 Å². The normalized spacial score (nSPS) is 32.5. The van der Waals surface area contributed by atoms with Crippen molar-refractivity contribution in [2.24, 2.45) is 0 Å². The van der Waals surface area contributed by atoms with Gasteiger partial charge in [-0.05, 0) is 50.9 Å². The van der Waals surface area contributed by atoms with Crippen LogP contribution in [0.15, 0.2) is 12.1 Å². The van der Waals surface area contributed by atoms with E-state index < -0.39 is 6.10 Å². The van der Waals surface area contributed by atoms with Gasteiger partial charge in [-0.1, -0.05) is 13.0 Å². The maximum atomic E-state index is 12.7. The number of hydrogen-bond donors (Lipinski definition) is 1. The van der Waals surface area contributed by atoms with Gasteiger partial charge in [0.2, 0.25) is 0 Å². The molecule has 1 aromatic carbocycles. The van der Waals surface area contributed by atoms with Crippen LogP contribution in [0.5, 0.6) is 11.5 Å². The van der Waals surface area contributed by atoms with E-state index in [9.17, 15) is 9.90 Å². The molecular weight excluding hydrogens is 278 g/mol. The molecule has 1 aliphatic carbocycles. The molecule has 2 heterocycles. The van der Waals surface area contributed by atoms with E-state index in [0.29, 0.717) is 18.2 Å². The van der Waals surface area contributed by atoms with Crippen LogP contribution in [-0.2, 0) is 16.6 Å². The van der Waals surface area contributed by atoms with Crippen molar-refractivity contribution in [1.82, 2.24) is 4.90 Å². The number of fused-ring (bicyclic) bond motifs is 1. The zero-order valence-corrected chi connectivity index (χ0v) is 13.3. The van der Waals surface area contributed by atoms with Crippen molar-refractivity contribution in [2.45, 2.75) is 56.6 Å². The van der Waals surface area contributed by atoms with Gasteiger partial charge in [-0.2, -0.15) is 0 Å². The third-order valence-electron chi connectivity index (χ3n) is 5.84. The third kappa shape index (κ3) is 1.70. The molecule has 1 N–H and O–H groups in total. The number of carbonyl (C=O) groups is 1. The molecule has 1 saturated heterocycles. The first kappa shape index (κ1) is 14.1. The highest BCUT2D eigenvalue weighted by atomic mass is 16.5. The lowest BCUT2D eigenvalue weighted by Gasteiger charge is -2.49. The van der Waals surface area contributed by atoms with Crippen molar-refractivity contribution < 1.29 is 14.6 Å². The van der Waals surface area contributed by atoms with E-state index in [0.717, 1.165) is 37.8 Å². The van der Waals surface area contributed by atoms with Crippen LogP contribution >= 0.6 is 0 Å². The number of rotatable bonds is 3. The summed E-state index contributed by atoms with van der Waals surface area (Å²) in [6, 6.07) is 4.21. The lowest BCUT2D eigenvalue weighted by molar-refractivity contribution is -0.129. The van der Waals surface area contributed by atoms with Crippen LogP contribution in [0.4, 0.5) is 0 Å². The summed E-state index contributed by atoms with van der Waals surface area (Å²) in [5.41, 5.74) is 2.17. The van der Waals surface area contributed by atoms with E-state index in [4.69, 9.17) is 4.74 Å². The molecule has 4 heteroatoms. The van der Waals surface area contributed by atoms with Crippen molar-refractivity contribution in [1.29, 1.82) is 0 Å². The number of ketones is 1. The van der Waals surface area contributed by atoms with E-state index in [1.54, 1.807) is 6.07 Å². The molecule has 1 fully saturated rings. The molecule has 2 aliphatic heterocycles. The number of ether oxygens (including phenoxy) is 1. The molecule has 22 heavy (non-hydrogen) atoms. The average Bonchev–Trinajstić information content (AvgIpc) is 2.84. The summed E-state index contributed by atoms with van der Waals surface area (Å²) in [4.78, 5) is 15.1. The first-order valence-electron chi connectivity index (χ1n) is 8.32. The molecule has 3 atom stereocenters. The van der Waals surface area contributed by atoms with Crippen LogP contribution in [0.2, 0.25) is 0 Å². The fourth-order valence-electron chi connectivity index (χ4n) is 4.74. The molecule has 0 saturated carbocycles. The number of likely N-dealkylation sites (N-methyl/N-ethyl adjacent to an activating group) is 1. The van der Waals surface area contributed by atoms with E-state index in [1.807, 2.05) is 13.0 Å². The Kier molecular flexibility index (Phi) is 3.02. The molecule has 2 bridgehead atoms. The Bertz CT molecular complexity index is 641. The standard InChI is InChI=1S/C18H23NO3/c1-3-4-14(21)17-18-7-8-19(2)12(10-18)9-11-5-6-13(20)16(22-17)15(11)18/h5-6,12,17,20H,3-4,7-10H2,1-2H3/t12-,17+,18+/m1/s1. The van der Waals surface area contributed by atoms with Crippen molar-refractivity contribution >= 4 is 5.78 Å². The van der Waals surface area contributed by atoms with E-state index in [-0.39, 0.29) is 16.9 Å². The van der Waals surface area contributed by atoms with Gasteiger partial charge in [0.15, 0.2) is 23.4 Å². The number of nitrogens with zero attached hydrogens (tertiary/aromatic N) is 1. The minimum atomic E-state index is -0.411. The molecule has 1 aromatic rings. The van der Waals surface area contributed by atoms with Gasteiger partial charge < -0.3 is 14.7 Å². The fourth-order valence-corrected chi connectivity index (χ4v) is 4.74. The summed E-state index contributed by atoms with van der Waals surface area (Å²) >= 11 is 0. The number of aromatic hydroxyl groups is 1. The number of carbonyl (C=O) groups excluding carboxylic acids is 1. The number of Topliss-reactive ketones (excluding diaryl/α,β-unsaturated/α-hetero) is 1. The Morgan fingerprint density at radius 3 is 3.09 bits per heavy atom. The maximum absolute atomic E-state index is 12.7. The Hall–Kier alpha value is -1.55. The van der Waals surface area contributed by atoms with Crippen molar-refractivity contribution in [3.8, 4) is 11.5 Å². The van der Waals surface area contributed by atoms with Crippen LogP contribution in [0.1, 0.15) is 43.7 Å². The van der Waals surface area contributed by atoms with Gasteiger partial charge in [0.1, 0.15) is 0 Å². The molecular formula is C18H23NO3. The monoisotopic (exact) mass is 301 g/mol. The van der Waals surface area contributed by atoms with Gasteiger partial charge in [-0.25, -0.2) is 0 Å². The number of phenols is 1. The van der Waals surface area contributed by atoms with Gasteiger partial charge in [-0.15, -0.1) is 0 Å². The Labute approximate surface area is 131 Å². The number of hydrogen-bond acceptors (Lipinski definition) is 4. The molecule has 4 nitrogen and oxygen atoms in total. The topological polar surface area (TPSA) is 49.8 Å². The molecule has 1 spiro atoms. The predicted octanol–water partition coefficient (Wildman–Crippen LogP) is 2.41. The molecule has 0 aromatic heterocycles. The Balaban J connectivity index is 1.87.